The molecule has 0 amide bonds. The van der Waals surface area contributed by atoms with Crippen molar-refractivity contribution in [2.75, 3.05) is 6.61 Å². The van der Waals surface area contributed by atoms with Crippen molar-refractivity contribution in [1.82, 2.24) is 0 Å². The van der Waals surface area contributed by atoms with Crippen molar-refractivity contribution in [2.45, 2.75) is 11.3 Å². The van der Waals surface area contributed by atoms with Crippen LogP contribution in [0.4, 0.5) is 8.78 Å². The summed E-state index contributed by atoms with van der Waals surface area (Å²) >= 11 is 0. The van der Waals surface area contributed by atoms with Gasteiger partial charge in [-0.1, -0.05) is 6.08 Å². The standard InChI is InChI=1S/C10H11F2NO3S/c1-2-3-6-16-7-4-5-8(17(13,14)15)10(12)9(7)11/h2,4-5H,1,3,6H2,(H2,13,14,15). The summed E-state index contributed by atoms with van der Waals surface area (Å²) < 4.78 is 53.4. The van der Waals surface area contributed by atoms with Gasteiger partial charge in [0.15, 0.2) is 11.6 Å². The molecule has 2 N–H and O–H groups in total. The topological polar surface area (TPSA) is 69.4 Å². The highest BCUT2D eigenvalue weighted by Gasteiger charge is 2.21. The van der Waals surface area contributed by atoms with E-state index in [1.807, 2.05) is 0 Å². The van der Waals surface area contributed by atoms with Crippen LogP contribution in [0.15, 0.2) is 29.7 Å². The number of hydrogen-bond donors (Lipinski definition) is 1. The normalized spacial score (nSPS) is 11.2. The van der Waals surface area contributed by atoms with E-state index >= 15 is 0 Å². The summed E-state index contributed by atoms with van der Waals surface area (Å²) in [6.07, 6.45) is 2.00. The number of rotatable bonds is 5. The molecule has 0 heterocycles. The van der Waals surface area contributed by atoms with E-state index in [-0.39, 0.29) is 12.4 Å². The number of hydrogen-bond acceptors (Lipinski definition) is 3. The first-order valence-corrected chi connectivity index (χ1v) is 6.17. The van der Waals surface area contributed by atoms with Crippen LogP contribution >= 0.6 is 0 Å². The van der Waals surface area contributed by atoms with Gasteiger partial charge in [0.05, 0.1) is 6.61 Å². The molecule has 0 radical (unpaired) electrons. The summed E-state index contributed by atoms with van der Waals surface area (Å²) in [6.45, 7) is 3.55. The number of benzene rings is 1. The molecule has 0 spiro atoms. The highest BCUT2D eigenvalue weighted by molar-refractivity contribution is 7.89. The molecule has 7 heteroatoms. The van der Waals surface area contributed by atoms with E-state index in [1.54, 1.807) is 6.08 Å². The highest BCUT2D eigenvalue weighted by atomic mass is 32.2. The van der Waals surface area contributed by atoms with Gasteiger partial charge in [0.1, 0.15) is 4.90 Å². The molecule has 94 valence electrons. The maximum Gasteiger partial charge on any atom is 0.241 e. The molecule has 0 bridgehead atoms. The third-order valence-corrected chi connectivity index (χ3v) is 2.83. The predicted octanol–water partition coefficient (Wildman–Crippen LogP) is 1.57. The zero-order valence-corrected chi connectivity index (χ0v) is 9.64. The van der Waals surface area contributed by atoms with Crippen LogP contribution in [-0.2, 0) is 10.0 Å². The molecule has 17 heavy (non-hydrogen) atoms. The number of halogens is 2. The van der Waals surface area contributed by atoms with Gasteiger partial charge < -0.3 is 4.74 Å². The number of ether oxygens (including phenoxy) is 1. The summed E-state index contributed by atoms with van der Waals surface area (Å²) in [5, 5.41) is 4.71. The first-order chi connectivity index (χ1) is 7.88. The van der Waals surface area contributed by atoms with Crippen LogP contribution in [0.1, 0.15) is 6.42 Å². The molecule has 0 fully saturated rings. The van der Waals surface area contributed by atoms with Crippen molar-refractivity contribution >= 4 is 10.0 Å². The lowest BCUT2D eigenvalue weighted by atomic mass is 10.3. The van der Waals surface area contributed by atoms with Crippen LogP contribution in [0.25, 0.3) is 0 Å². The second-order valence-electron chi connectivity index (χ2n) is 3.16. The molecule has 0 aromatic heterocycles. The predicted molar refractivity (Wildman–Crippen MR) is 58.0 cm³/mol. The molecule has 1 aromatic carbocycles. The second kappa shape index (κ2) is 5.24. The lowest BCUT2D eigenvalue weighted by molar-refractivity contribution is 0.299. The van der Waals surface area contributed by atoms with Crippen LogP contribution in [0.5, 0.6) is 5.75 Å². The first kappa shape index (κ1) is 13.6. The lowest BCUT2D eigenvalue weighted by Crippen LogP contribution is -2.15. The van der Waals surface area contributed by atoms with Crippen molar-refractivity contribution in [3.63, 3.8) is 0 Å². The maximum absolute atomic E-state index is 13.4. The monoisotopic (exact) mass is 263 g/mol. The molecule has 1 aromatic rings. The third kappa shape index (κ3) is 3.24. The van der Waals surface area contributed by atoms with E-state index in [2.05, 4.69) is 6.58 Å². The highest BCUT2D eigenvalue weighted by Crippen LogP contribution is 2.24. The largest absolute Gasteiger partial charge is 0.490 e. The third-order valence-electron chi connectivity index (χ3n) is 1.90. The summed E-state index contributed by atoms with van der Waals surface area (Å²) in [7, 11) is -4.28. The molecule has 0 aliphatic rings. The van der Waals surface area contributed by atoms with Gasteiger partial charge in [0, 0.05) is 0 Å². The van der Waals surface area contributed by atoms with Crippen molar-refractivity contribution < 1.29 is 21.9 Å². The van der Waals surface area contributed by atoms with Crippen LogP contribution in [0.2, 0.25) is 0 Å². The Bertz CT molecular complexity index is 529. The van der Waals surface area contributed by atoms with Gasteiger partial charge in [-0.2, -0.15) is 4.39 Å². The molecule has 1 rings (SSSR count). The Hall–Kier alpha value is -1.47. The molecule has 0 aliphatic heterocycles. The smallest absolute Gasteiger partial charge is 0.241 e. The minimum atomic E-state index is -4.28. The van der Waals surface area contributed by atoms with Crippen LogP contribution in [0.3, 0.4) is 0 Å². The number of sulfonamides is 1. The Labute approximate surface area is 97.7 Å². The summed E-state index contributed by atoms with van der Waals surface area (Å²) in [4.78, 5) is -0.897. The second-order valence-corrected chi connectivity index (χ2v) is 4.69. The quantitative estimate of drug-likeness (QED) is 0.647. The summed E-state index contributed by atoms with van der Waals surface area (Å²) in [5.74, 6) is -3.28. The zero-order valence-electron chi connectivity index (χ0n) is 8.82. The lowest BCUT2D eigenvalue weighted by Gasteiger charge is -2.08. The van der Waals surface area contributed by atoms with Gasteiger partial charge in [0.2, 0.25) is 15.8 Å². The van der Waals surface area contributed by atoms with E-state index in [9.17, 15) is 17.2 Å². The SMILES string of the molecule is C=CCCOc1ccc(S(N)(=O)=O)c(F)c1F. The van der Waals surface area contributed by atoms with Crippen LogP contribution < -0.4 is 9.88 Å². The van der Waals surface area contributed by atoms with Crippen molar-refractivity contribution in [3.05, 3.63) is 36.4 Å². The Morgan fingerprint density at radius 1 is 1.35 bits per heavy atom. The van der Waals surface area contributed by atoms with Gasteiger partial charge in [-0.3, -0.25) is 0 Å². The molecule has 0 atom stereocenters. The fourth-order valence-corrected chi connectivity index (χ4v) is 1.69. The van der Waals surface area contributed by atoms with E-state index in [0.29, 0.717) is 6.42 Å². The molecule has 0 unspecified atom stereocenters. The van der Waals surface area contributed by atoms with Crippen molar-refractivity contribution in [1.29, 1.82) is 0 Å². The zero-order chi connectivity index (χ0) is 13.1. The Morgan fingerprint density at radius 2 is 2.00 bits per heavy atom. The molecule has 0 saturated heterocycles. The first-order valence-electron chi connectivity index (χ1n) is 4.62. The Kier molecular flexibility index (Phi) is 4.19. The van der Waals surface area contributed by atoms with Crippen molar-refractivity contribution in [2.24, 2.45) is 5.14 Å². The van der Waals surface area contributed by atoms with Gasteiger partial charge in [0.25, 0.3) is 0 Å². The van der Waals surface area contributed by atoms with Crippen LogP contribution in [0, 0.1) is 11.6 Å². The summed E-state index contributed by atoms with van der Waals surface area (Å²) in [6, 6.07) is 1.87. The van der Waals surface area contributed by atoms with Gasteiger partial charge in [-0.15, -0.1) is 6.58 Å². The van der Waals surface area contributed by atoms with Crippen LogP contribution in [-0.4, -0.2) is 15.0 Å². The number of primary sulfonamides is 1. The fraction of sp³-hybridized carbons (Fsp3) is 0.200. The molecule has 4 nitrogen and oxygen atoms in total. The van der Waals surface area contributed by atoms with E-state index in [4.69, 9.17) is 9.88 Å². The number of nitrogens with two attached hydrogens (primary N) is 1. The van der Waals surface area contributed by atoms with E-state index in [1.165, 1.54) is 0 Å². The summed E-state index contributed by atoms with van der Waals surface area (Å²) in [5.41, 5.74) is 0. The van der Waals surface area contributed by atoms with Gasteiger partial charge in [-0.05, 0) is 18.6 Å². The van der Waals surface area contributed by atoms with E-state index < -0.39 is 26.6 Å². The molecule has 0 aliphatic carbocycles. The average molecular weight is 263 g/mol. The minimum absolute atomic E-state index is 0.120. The van der Waals surface area contributed by atoms with Crippen molar-refractivity contribution in [3.8, 4) is 5.75 Å². The molecular weight excluding hydrogens is 252 g/mol. The fourth-order valence-electron chi connectivity index (χ4n) is 1.10. The average Bonchev–Trinajstić information content (AvgIpc) is 2.23. The van der Waals surface area contributed by atoms with E-state index in [0.717, 1.165) is 12.1 Å². The Balaban J connectivity index is 3.07. The molecular formula is C10H11F2NO3S. The maximum atomic E-state index is 13.4. The minimum Gasteiger partial charge on any atom is -0.490 e. The van der Waals surface area contributed by atoms with Gasteiger partial charge in [-0.25, -0.2) is 17.9 Å². The molecule has 0 saturated carbocycles. The van der Waals surface area contributed by atoms with Gasteiger partial charge >= 0.3 is 0 Å². The Morgan fingerprint density at radius 3 is 2.53 bits per heavy atom.